The normalized spacial score (nSPS) is 10.5. The number of fused-ring (bicyclic) bond motifs is 1. The SMILES string of the molecule is CCNc1c(NC(=O)c2cc(OC)c(OC)c(OC)c2)c(=O)oc2ccccc12. The molecule has 0 atom stereocenters. The molecule has 2 N–H and O–H groups in total. The molecule has 29 heavy (non-hydrogen) atoms. The first-order chi connectivity index (χ1) is 14.0. The second-order valence-electron chi connectivity index (χ2n) is 6.03. The molecule has 0 radical (unpaired) electrons. The Hall–Kier alpha value is -3.68. The number of hydrogen-bond donors (Lipinski definition) is 2. The number of ether oxygens (including phenoxy) is 3. The number of benzene rings is 2. The third-order valence-corrected chi connectivity index (χ3v) is 4.33. The van der Waals surface area contributed by atoms with Crippen LogP contribution in [0.15, 0.2) is 45.6 Å². The lowest BCUT2D eigenvalue weighted by atomic mass is 10.1. The number of rotatable bonds is 7. The average Bonchev–Trinajstić information content (AvgIpc) is 2.74. The van der Waals surface area contributed by atoms with Crippen LogP contribution in [0.25, 0.3) is 11.0 Å². The molecule has 3 aromatic rings. The van der Waals surface area contributed by atoms with E-state index in [0.717, 1.165) is 0 Å². The Morgan fingerprint density at radius 1 is 1.00 bits per heavy atom. The van der Waals surface area contributed by atoms with Gasteiger partial charge in [-0.2, -0.15) is 0 Å². The quantitative estimate of drug-likeness (QED) is 0.588. The van der Waals surface area contributed by atoms with Crippen molar-refractivity contribution in [2.45, 2.75) is 6.92 Å². The van der Waals surface area contributed by atoms with Crippen LogP contribution in [0, 0.1) is 0 Å². The summed E-state index contributed by atoms with van der Waals surface area (Å²) in [5, 5.41) is 6.48. The van der Waals surface area contributed by atoms with E-state index in [1.165, 1.54) is 33.5 Å². The Labute approximate surface area is 167 Å². The molecular formula is C21H22N2O6. The molecule has 152 valence electrons. The van der Waals surface area contributed by atoms with Crippen molar-refractivity contribution < 1.29 is 23.4 Å². The van der Waals surface area contributed by atoms with E-state index in [1.807, 2.05) is 19.1 Å². The van der Waals surface area contributed by atoms with Gasteiger partial charge >= 0.3 is 5.63 Å². The van der Waals surface area contributed by atoms with Crippen molar-refractivity contribution in [1.29, 1.82) is 0 Å². The molecule has 8 nitrogen and oxygen atoms in total. The Bertz CT molecular complexity index is 1080. The topological polar surface area (TPSA) is 99.0 Å². The van der Waals surface area contributed by atoms with Gasteiger partial charge in [0, 0.05) is 17.5 Å². The van der Waals surface area contributed by atoms with E-state index in [4.69, 9.17) is 18.6 Å². The van der Waals surface area contributed by atoms with Gasteiger partial charge in [0.15, 0.2) is 17.2 Å². The molecule has 1 heterocycles. The maximum atomic E-state index is 12.9. The molecule has 0 aliphatic heterocycles. The molecule has 0 spiro atoms. The minimum atomic E-state index is -0.652. The molecule has 1 aromatic heterocycles. The first kappa shape index (κ1) is 20.1. The van der Waals surface area contributed by atoms with Crippen LogP contribution in [-0.4, -0.2) is 33.8 Å². The molecule has 0 unspecified atom stereocenters. The van der Waals surface area contributed by atoms with Gasteiger partial charge in [0.05, 0.1) is 27.0 Å². The summed E-state index contributed by atoms with van der Waals surface area (Å²) >= 11 is 0. The van der Waals surface area contributed by atoms with E-state index in [0.29, 0.717) is 40.4 Å². The van der Waals surface area contributed by atoms with E-state index >= 15 is 0 Å². The van der Waals surface area contributed by atoms with E-state index < -0.39 is 11.5 Å². The van der Waals surface area contributed by atoms with Gasteiger partial charge in [-0.05, 0) is 31.2 Å². The molecule has 0 saturated heterocycles. The summed E-state index contributed by atoms with van der Waals surface area (Å²) in [7, 11) is 4.39. The molecule has 3 rings (SSSR count). The van der Waals surface area contributed by atoms with Crippen molar-refractivity contribution in [1.82, 2.24) is 0 Å². The number of anilines is 2. The lowest BCUT2D eigenvalue weighted by molar-refractivity contribution is 0.102. The predicted molar refractivity (Wildman–Crippen MR) is 111 cm³/mol. The lowest BCUT2D eigenvalue weighted by Crippen LogP contribution is -2.20. The van der Waals surface area contributed by atoms with Gasteiger partial charge in [0.1, 0.15) is 5.58 Å². The van der Waals surface area contributed by atoms with Crippen LogP contribution in [-0.2, 0) is 0 Å². The molecule has 0 fully saturated rings. The van der Waals surface area contributed by atoms with Gasteiger partial charge in [0.2, 0.25) is 5.75 Å². The molecule has 0 aliphatic carbocycles. The van der Waals surface area contributed by atoms with Gasteiger partial charge in [-0.1, -0.05) is 12.1 Å². The Balaban J connectivity index is 2.08. The number of hydrogen-bond acceptors (Lipinski definition) is 7. The number of carbonyl (C=O) groups is 1. The maximum absolute atomic E-state index is 12.9. The predicted octanol–water partition coefficient (Wildman–Crippen LogP) is 3.50. The second kappa shape index (κ2) is 8.55. The van der Waals surface area contributed by atoms with Crippen LogP contribution in [0.5, 0.6) is 17.2 Å². The fourth-order valence-electron chi connectivity index (χ4n) is 3.02. The summed E-state index contributed by atoms with van der Waals surface area (Å²) < 4.78 is 21.2. The first-order valence-electron chi connectivity index (χ1n) is 8.95. The summed E-state index contributed by atoms with van der Waals surface area (Å²) in [6, 6.07) is 10.1. The first-order valence-corrected chi connectivity index (χ1v) is 8.95. The van der Waals surface area contributed by atoms with Gasteiger partial charge in [-0.3, -0.25) is 4.79 Å². The minimum absolute atomic E-state index is 0.0318. The zero-order chi connectivity index (χ0) is 21.0. The van der Waals surface area contributed by atoms with Crippen LogP contribution in [0.2, 0.25) is 0 Å². The van der Waals surface area contributed by atoms with E-state index in [1.54, 1.807) is 12.1 Å². The zero-order valence-electron chi connectivity index (χ0n) is 16.6. The van der Waals surface area contributed by atoms with Gasteiger partial charge in [-0.15, -0.1) is 0 Å². The standard InChI is InChI=1S/C21H22N2O6/c1-5-22-17-13-8-6-7-9-14(13)29-21(25)18(17)23-20(24)12-10-15(26-2)19(28-4)16(11-12)27-3/h6-11,22H,5H2,1-4H3,(H,23,24). The third kappa shape index (κ3) is 3.82. The third-order valence-electron chi connectivity index (χ3n) is 4.33. The maximum Gasteiger partial charge on any atom is 0.362 e. The Morgan fingerprint density at radius 2 is 1.66 bits per heavy atom. The van der Waals surface area contributed by atoms with Crippen LogP contribution in [0.3, 0.4) is 0 Å². The van der Waals surface area contributed by atoms with Gasteiger partial charge < -0.3 is 29.3 Å². The minimum Gasteiger partial charge on any atom is -0.493 e. The van der Waals surface area contributed by atoms with E-state index in [2.05, 4.69) is 10.6 Å². The van der Waals surface area contributed by atoms with Crippen LogP contribution in [0.1, 0.15) is 17.3 Å². The molecular weight excluding hydrogens is 376 g/mol. The van der Waals surface area contributed by atoms with Crippen molar-refractivity contribution in [2.24, 2.45) is 0 Å². The van der Waals surface area contributed by atoms with Crippen LogP contribution in [0.4, 0.5) is 11.4 Å². The molecule has 0 bridgehead atoms. The summed E-state index contributed by atoms with van der Waals surface area (Å²) in [6.07, 6.45) is 0. The van der Waals surface area contributed by atoms with Crippen molar-refractivity contribution >= 4 is 28.3 Å². The highest BCUT2D eigenvalue weighted by Crippen LogP contribution is 2.38. The number of methoxy groups -OCH3 is 3. The summed E-state index contributed by atoms with van der Waals surface area (Å²) in [4.78, 5) is 25.5. The Kier molecular flexibility index (Phi) is 5.92. The fourth-order valence-corrected chi connectivity index (χ4v) is 3.02. The molecule has 0 saturated carbocycles. The van der Waals surface area contributed by atoms with Crippen LogP contribution >= 0.6 is 0 Å². The summed E-state index contributed by atoms with van der Waals surface area (Å²) in [6.45, 7) is 2.45. The molecule has 8 heteroatoms. The highest BCUT2D eigenvalue weighted by molar-refractivity contribution is 6.09. The number of amides is 1. The van der Waals surface area contributed by atoms with E-state index in [9.17, 15) is 9.59 Å². The highest BCUT2D eigenvalue weighted by Gasteiger charge is 2.20. The Morgan fingerprint density at radius 3 is 2.24 bits per heavy atom. The lowest BCUT2D eigenvalue weighted by Gasteiger charge is -2.15. The average molecular weight is 398 g/mol. The van der Waals surface area contributed by atoms with Gasteiger partial charge in [0.25, 0.3) is 5.91 Å². The van der Waals surface area contributed by atoms with Gasteiger partial charge in [-0.25, -0.2) is 4.79 Å². The number of para-hydroxylation sites is 1. The smallest absolute Gasteiger partial charge is 0.362 e. The van der Waals surface area contributed by atoms with Crippen molar-refractivity contribution in [3.8, 4) is 17.2 Å². The largest absolute Gasteiger partial charge is 0.493 e. The highest BCUT2D eigenvalue weighted by atomic mass is 16.5. The van der Waals surface area contributed by atoms with Crippen molar-refractivity contribution in [3.05, 3.63) is 52.4 Å². The molecule has 0 aliphatic rings. The number of carbonyl (C=O) groups excluding carboxylic acids is 1. The van der Waals surface area contributed by atoms with Crippen molar-refractivity contribution in [3.63, 3.8) is 0 Å². The van der Waals surface area contributed by atoms with Crippen LogP contribution < -0.4 is 30.5 Å². The summed E-state index contributed by atoms with van der Waals surface area (Å²) in [5.74, 6) is 0.500. The van der Waals surface area contributed by atoms with E-state index in [-0.39, 0.29) is 11.3 Å². The van der Waals surface area contributed by atoms with Crippen molar-refractivity contribution in [2.75, 3.05) is 38.5 Å². The number of nitrogens with one attached hydrogen (secondary N) is 2. The monoisotopic (exact) mass is 398 g/mol. The zero-order valence-corrected chi connectivity index (χ0v) is 16.6. The second-order valence-corrected chi connectivity index (χ2v) is 6.03. The molecule has 1 amide bonds. The fraction of sp³-hybridized carbons (Fsp3) is 0.238. The summed E-state index contributed by atoms with van der Waals surface area (Å²) in [5.41, 5.74) is 0.540. The molecule has 2 aromatic carbocycles.